The van der Waals surface area contributed by atoms with Gasteiger partial charge in [-0.3, -0.25) is 19.7 Å². The van der Waals surface area contributed by atoms with E-state index in [9.17, 15) is 9.59 Å². The molecule has 3 saturated heterocycles. The molecule has 2 unspecified atom stereocenters. The number of H-pyrrole nitrogens is 1. The molecular weight excluding hydrogens is 508 g/mol. The molecule has 200 valence electrons. The molecule has 12 nitrogen and oxygen atoms in total. The Labute approximate surface area is 228 Å². The van der Waals surface area contributed by atoms with Crippen molar-refractivity contribution in [3.8, 4) is 22.4 Å². The van der Waals surface area contributed by atoms with Crippen LogP contribution in [0.5, 0.6) is 0 Å². The monoisotopic (exact) mass is 534 g/mol. The standard InChI is InChI=1S/C28H26N10O2/c1-16(39)23-24(29)38-26(21(12-33-38)18-7-10-22(30-11-18)17-5-3-2-4-6-17)34-27(23)36-13-20-9-8-19(36)14-37(20)28(40)25-31-15-32-35-25/h2-7,10-12,15,19-20H,8-9,13-14,29H2,1H3,(H,31,32,35). The predicted molar refractivity (Wildman–Crippen MR) is 148 cm³/mol. The van der Waals surface area contributed by atoms with Gasteiger partial charge in [0.2, 0.25) is 5.82 Å². The SMILES string of the molecule is CC(=O)c1c(N2CC3CCC2CN3C(=O)c2ncn[nH]2)nc2c(-c3ccc(-c4ccccc4)nc3)cnn2c1N. The minimum atomic E-state index is -0.191. The Hall–Kier alpha value is -5.13. The number of carbonyl (C=O) groups excluding carboxylic acids is 2. The van der Waals surface area contributed by atoms with Crippen molar-refractivity contribution in [3.63, 3.8) is 0 Å². The Morgan fingerprint density at radius 2 is 1.80 bits per heavy atom. The third-order valence-corrected chi connectivity index (χ3v) is 7.84. The number of carbonyl (C=O) groups is 2. The van der Waals surface area contributed by atoms with E-state index >= 15 is 0 Å². The van der Waals surface area contributed by atoms with Crippen molar-refractivity contribution >= 4 is 29.0 Å². The summed E-state index contributed by atoms with van der Waals surface area (Å²) in [5, 5.41) is 11.0. The first-order valence-corrected chi connectivity index (χ1v) is 13.1. The molecule has 1 aromatic carbocycles. The number of benzene rings is 1. The number of nitrogen functional groups attached to an aromatic ring is 1. The second kappa shape index (κ2) is 9.26. The number of rotatable bonds is 5. The number of piperazine rings is 1. The maximum atomic E-state index is 13.0. The third-order valence-electron chi connectivity index (χ3n) is 7.84. The molecule has 3 aliphatic heterocycles. The number of anilines is 2. The fourth-order valence-electron chi connectivity index (χ4n) is 5.87. The fraction of sp³-hybridized carbons (Fsp3) is 0.250. The van der Waals surface area contributed by atoms with Gasteiger partial charge in [0.1, 0.15) is 23.5 Å². The lowest BCUT2D eigenvalue weighted by Gasteiger charge is -2.52. The van der Waals surface area contributed by atoms with Crippen molar-refractivity contribution in [2.75, 3.05) is 23.7 Å². The zero-order valence-electron chi connectivity index (χ0n) is 21.7. The van der Waals surface area contributed by atoms with Gasteiger partial charge in [0.25, 0.3) is 5.91 Å². The lowest BCUT2D eigenvalue weighted by molar-refractivity contribution is 0.0491. The predicted octanol–water partition coefficient (Wildman–Crippen LogP) is 2.85. The Morgan fingerprint density at radius 1 is 0.975 bits per heavy atom. The van der Waals surface area contributed by atoms with Gasteiger partial charge in [-0.05, 0) is 25.8 Å². The molecule has 3 aliphatic rings. The minimum Gasteiger partial charge on any atom is -0.383 e. The molecule has 0 saturated carbocycles. The number of piperidine rings is 2. The minimum absolute atomic E-state index is 0.0254. The van der Waals surface area contributed by atoms with Gasteiger partial charge in [-0.15, -0.1) is 0 Å². The summed E-state index contributed by atoms with van der Waals surface area (Å²) in [5.41, 5.74) is 10.9. The van der Waals surface area contributed by atoms with Crippen LogP contribution in [0.2, 0.25) is 0 Å². The zero-order chi connectivity index (χ0) is 27.4. The Kier molecular flexibility index (Phi) is 5.54. The van der Waals surface area contributed by atoms with E-state index in [0.29, 0.717) is 30.1 Å². The van der Waals surface area contributed by atoms with Crippen molar-refractivity contribution in [2.24, 2.45) is 0 Å². The molecule has 40 heavy (non-hydrogen) atoms. The van der Waals surface area contributed by atoms with E-state index in [1.165, 1.54) is 17.8 Å². The maximum Gasteiger partial charge on any atom is 0.291 e. The smallest absolute Gasteiger partial charge is 0.291 e. The van der Waals surface area contributed by atoms with E-state index in [-0.39, 0.29) is 35.4 Å². The lowest BCUT2D eigenvalue weighted by atomic mass is 9.90. The van der Waals surface area contributed by atoms with E-state index < -0.39 is 0 Å². The number of aromatic nitrogens is 7. The van der Waals surface area contributed by atoms with Crippen LogP contribution in [0.4, 0.5) is 11.6 Å². The van der Waals surface area contributed by atoms with Crippen molar-refractivity contribution in [2.45, 2.75) is 31.8 Å². The number of hydrogen-bond donors (Lipinski definition) is 2. The van der Waals surface area contributed by atoms with Crippen LogP contribution in [0, 0.1) is 0 Å². The normalized spacial score (nSPS) is 18.4. The highest BCUT2D eigenvalue weighted by Gasteiger charge is 2.43. The largest absolute Gasteiger partial charge is 0.383 e. The quantitative estimate of drug-likeness (QED) is 0.324. The van der Waals surface area contributed by atoms with E-state index in [1.807, 2.05) is 47.4 Å². The van der Waals surface area contributed by atoms with E-state index in [0.717, 1.165) is 35.2 Å². The first kappa shape index (κ1) is 23.9. The molecule has 1 amide bonds. The summed E-state index contributed by atoms with van der Waals surface area (Å²) in [5.74, 6) is 0.622. The number of pyridine rings is 1. The number of ketones is 1. The summed E-state index contributed by atoms with van der Waals surface area (Å²) in [6, 6.07) is 13.8. The van der Waals surface area contributed by atoms with Gasteiger partial charge in [0.05, 0.1) is 11.9 Å². The molecule has 3 N–H and O–H groups in total. The molecule has 0 aliphatic carbocycles. The van der Waals surface area contributed by atoms with E-state index in [4.69, 9.17) is 10.7 Å². The molecule has 4 aromatic heterocycles. The van der Waals surface area contributed by atoms with Crippen LogP contribution in [0.15, 0.2) is 61.2 Å². The van der Waals surface area contributed by atoms with Crippen molar-refractivity contribution in [1.82, 2.24) is 39.7 Å². The van der Waals surface area contributed by atoms with Crippen LogP contribution in [-0.4, -0.2) is 76.5 Å². The molecule has 8 rings (SSSR count). The fourth-order valence-corrected chi connectivity index (χ4v) is 5.87. The number of aromatic amines is 1. The maximum absolute atomic E-state index is 13.0. The number of nitrogens with two attached hydrogens (primary N) is 1. The molecule has 12 heteroatoms. The summed E-state index contributed by atoms with van der Waals surface area (Å²) in [6.45, 7) is 2.51. The molecule has 7 heterocycles. The number of fused-ring (bicyclic) bond motifs is 4. The van der Waals surface area contributed by atoms with Crippen LogP contribution in [0.25, 0.3) is 28.0 Å². The number of amides is 1. The molecular formula is C28H26N10O2. The molecule has 2 atom stereocenters. The first-order valence-electron chi connectivity index (χ1n) is 13.1. The van der Waals surface area contributed by atoms with Gasteiger partial charge in [-0.2, -0.15) is 14.7 Å². The van der Waals surface area contributed by atoms with Gasteiger partial charge in [0.15, 0.2) is 11.4 Å². The molecule has 0 spiro atoms. The Balaban J connectivity index is 1.27. The van der Waals surface area contributed by atoms with Gasteiger partial charge < -0.3 is 15.5 Å². The number of nitrogens with one attached hydrogen (secondary N) is 1. The van der Waals surface area contributed by atoms with Crippen LogP contribution < -0.4 is 10.6 Å². The number of nitrogens with zero attached hydrogens (tertiary/aromatic N) is 8. The lowest BCUT2D eigenvalue weighted by Crippen LogP contribution is -2.64. The van der Waals surface area contributed by atoms with Crippen LogP contribution >= 0.6 is 0 Å². The zero-order valence-corrected chi connectivity index (χ0v) is 21.7. The average Bonchev–Trinajstić information content (AvgIpc) is 3.68. The number of Topliss-reactive ketones (excluding diaryl/α,β-unsaturated/α-hetero) is 1. The van der Waals surface area contributed by atoms with Crippen molar-refractivity contribution < 1.29 is 9.59 Å². The summed E-state index contributed by atoms with van der Waals surface area (Å²) < 4.78 is 1.52. The van der Waals surface area contributed by atoms with Gasteiger partial charge >= 0.3 is 0 Å². The topological polar surface area (TPSA) is 151 Å². The van der Waals surface area contributed by atoms with Gasteiger partial charge in [-0.1, -0.05) is 36.4 Å². The molecule has 0 radical (unpaired) electrons. The Bertz CT molecular complexity index is 1730. The van der Waals surface area contributed by atoms with Crippen LogP contribution in [-0.2, 0) is 0 Å². The average molecular weight is 535 g/mol. The van der Waals surface area contributed by atoms with Gasteiger partial charge in [0, 0.05) is 48.1 Å². The first-order chi connectivity index (χ1) is 19.5. The highest BCUT2D eigenvalue weighted by atomic mass is 16.2. The Morgan fingerprint density at radius 3 is 2.48 bits per heavy atom. The highest BCUT2D eigenvalue weighted by molar-refractivity contribution is 6.04. The van der Waals surface area contributed by atoms with Crippen LogP contribution in [0.3, 0.4) is 0 Å². The molecule has 5 aromatic rings. The van der Waals surface area contributed by atoms with E-state index in [1.54, 1.807) is 12.4 Å². The van der Waals surface area contributed by atoms with Crippen molar-refractivity contribution in [1.29, 1.82) is 0 Å². The van der Waals surface area contributed by atoms with Gasteiger partial charge in [-0.25, -0.2) is 9.97 Å². The summed E-state index contributed by atoms with van der Waals surface area (Å²) in [7, 11) is 0. The molecule has 3 fully saturated rings. The summed E-state index contributed by atoms with van der Waals surface area (Å²) in [4.78, 5) is 43.6. The second-order valence-electron chi connectivity index (χ2n) is 10.2. The van der Waals surface area contributed by atoms with E-state index in [2.05, 4.69) is 30.2 Å². The highest BCUT2D eigenvalue weighted by Crippen LogP contribution is 2.37. The molecule has 2 bridgehead atoms. The summed E-state index contributed by atoms with van der Waals surface area (Å²) in [6.07, 6.45) is 6.55. The third kappa shape index (κ3) is 3.79. The summed E-state index contributed by atoms with van der Waals surface area (Å²) >= 11 is 0. The van der Waals surface area contributed by atoms with Crippen molar-refractivity contribution in [3.05, 3.63) is 72.6 Å². The number of hydrogen-bond acceptors (Lipinski definition) is 9. The second-order valence-corrected chi connectivity index (χ2v) is 10.2. The van der Waals surface area contributed by atoms with Crippen LogP contribution in [0.1, 0.15) is 40.7 Å².